The molecule has 0 saturated carbocycles. The number of thiophene rings is 1. The van der Waals surface area contributed by atoms with Crippen molar-refractivity contribution in [3.63, 3.8) is 0 Å². The molecule has 3 heterocycles. The number of hydrogen-bond donors (Lipinski definition) is 3. The van der Waals surface area contributed by atoms with Crippen LogP contribution < -0.4 is 16.2 Å². The molecule has 1 aliphatic heterocycles. The van der Waals surface area contributed by atoms with E-state index in [4.69, 9.17) is 0 Å². The third kappa shape index (κ3) is 3.62. The van der Waals surface area contributed by atoms with Crippen molar-refractivity contribution >= 4 is 27.5 Å². The van der Waals surface area contributed by atoms with E-state index in [1.165, 1.54) is 11.3 Å². The maximum atomic E-state index is 12.9. The number of carbonyl (C=O) groups is 1. The number of nitrogens with one attached hydrogen (secondary N) is 3. The molecule has 7 heteroatoms. The molecule has 3 N–H and O–H groups in total. The monoisotopic (exact) mass is 362 g/mol. The van der Waals surface area contributed by atoms with Crippen LogP contribution in [-0.4, -0.2) is 33.0 Å². The summed E-state index contributed by atoms with van der Waals surface area (Å²) in [5, 5.41) is 7.31. The van der Waals surface area contributed by atoms with Gasteiger partial charge >= 0.3 is 0 Å². The first-order chi connectivity index (χ1) is 11.5. The van der Waals surface area contributed by atoms with Gasteiger partial charge in [-0.05, 0) is 59.9 Å². The fraction of sp³-hybridized carbons (Fsp3) is 0.611. The van der Waals surface area contributed by atoms with Crippen LogP contribution in [0.5, 0.6) is 0 Å². The zero-order valence-electron chi connectivity index (χ0n) is 15.7. The van der Waals surface area contributed by atoms with E-state index in [1.807, 2.05) is 6.92 Å². The first-order valence-corrected chi connectivity index (χ1v) is 9.39. The number of aromatic amines is 1. The Labute approximate surface area is 151 Å². The summed E-state index contributed by atoms with van der Waals surface area (Å²) in [5.74, 6) is 0.448. The van der Waals surface area contributed by atoms with Crippen LogP contribution in [-0.2, 0) is 0 Å². The number of H-pyrrole nitrogens is 1. The second-order valence-corrected chi connectivity index (χ2v) is 9.36. The average molecular weight is 362 g/mol. The summed E-state index contributed by atoms with van der Waals surface area (Å²) in [6.45, 7) is 12.2. The molecule has 25 heavy (non-hydrogen) atoms. The minimum Gasteiger partial charge on any atom is -0.348 e. The van der Waals surface area contributed by atoms with Crippen molar-refractivity contribution in [1.29, 1.82) is 0 Å². The summed E-state index contributed by atoms with van der Waals surface area (Å²) >= 11 is 1.29. The smallest absolute Gasteiger partial charge is 0.261 e. The quantitative estimate of drug-likeness (QED) is 0.766. The highest BCUT2D eigenvalue weighted by atomic mass is 32.1. The number of amides is 1. The third-order valence-corrected chi connectivity index (χ3v) is 5.84. The summed E-state index contributed by atoms with van der Waals surface area (Å²) in [6, 6.07) is 0.0938. The van der Waals surface area contributed by atoms with Crippen LogP contribution in [0.25, 0.3) is 10.2 Å². The molecule has 136 valence electrons. The molecule has 1 aliphatic rings. The van der Waals surface area contributed by atoms with Crippen molar-refractivity contribution in [3.8, 4) is 0 Å². The molecule has 0 atom stereocenters. The minimum atomic E-state index is -0.181. The largest absolute Gasteiger partial charge is 0.348 e. The van der Waals surface area contributed by atoms with Gasteiger partial charge in [0.15, 0.2) is 0 Å². The van der Waals surface area contributed by atoms with Gasteiger partial charge in [0.25, 0.3) is 11.5 Å². The van der Waals surface area contributed by atoms with E-state index in [-0.39, 0.29) is 28.6 Å². The van der Waals surface area contributed by atoms with Crippen LogP contribution in [0.1, 0.15) is 61.6 Å². The first kappa shape index (κ1) is 18.1. The fourth-order valence-electron chi connectivity index (χ4n) is 4.14. The maximum absolute atomic E-state index is 12.9. The molecule has 0 unspecified atom stereocenters. The summed E-state index contributed by atoms with van der Waals surface area (Å²) < 4.78 is 0. The Kier molecular flexibility index (Phi) is 4.28. The van der Waals surface area contributed by atoms with Crippen molar-refractivity contribution in [1.82, 2.24) is 20.6 Å². The standard InChI is InChI=1S/C18H26N4O2S/c1-9-12-14(23)19-10(2)20-16(12)25-13(9)15(24)21-11-7-17(3,4)22-18(5,6)8-11/h11,22H,7-8H2,1-6H3,(H,21,24)(H,19,20,23). The Bertz CT molecular complexity index is 878. The van der Waals surface area contributed by atoms with Gasteiger partial charge in [0, 0.05) is 17.1 Å². The van der Waals surface area contributed by atoms with E-state index in [9.17, 15) is 9.59 Å². The molecule has 2 aromatic heterocycles. The molecule has 1 fully saturated rings. The molecule has 6 nitrogen and oxygen atoms in total. The molecule has 0 radical (unpaired) electrons. The Morgan fingerprint density at radius 3 is 2.40 bits per heavy atom. The fourth-order valence-corrected chi connectivity index (χ4v) is 5.27. The Morgan fingerprint density at radius 1 is 1.20 bits per heavy atom. The minimum absolute atomic E-state index is 0.0370. The van der Waals surface area contributed by atoms with E-state index < -0.39 is 0 Å². The maximum Gasteiger partial charge on any atom is 0.261 e. The van der Waals surface area contributed by atoms with E-state index >= 15 is 0 Å². The van der Waals surface area contributed by atoms with Crippen LogP contribution in [0.3, 0.4) is 0 Å². The number of aromatic nitrogens is 2. The highest BCUT2D eigenvalue weighted by Crippen LogP contribution is 2.30. The van der Waals surface area contributed by atoms with Crippen molar-refractivity contribution in [2.75, 3.05) is 0 Å². The van der Waals surface area contributed by atoms with Crippen LogP contribution >= 0.6 is 11.3 Å². The highest BCUT2D eigenvalue weighted by Gasteiger charge is 2.38. The zero-order chi connectivity index (χ0) is 18.6. The number of rotatable bonds is 2. The van der Waals surface area contributed by atoms with Crippen molar-refractivity contribution < 1.29 is 4.79 Å². The van der Waals surface area contributed by atoms with Gasteiger partial charge in [0.05, 0.1) is 10.3 Å². The lowest BCUT2D eigenvalue weighted by molar-refractivity contribution is 0.0877. The Hall–Kier alpha value is -1.73. The van der Waals surface area contributed by atoms with Crippen LogP contribution in [0.2, 0.25) is 0 Å². The van der Waals surface area contributed by atoms with Crippen molar-refractivity contribution in [2.45, 2.75) is 71.5 Å². The van der Waals surface area contributed by atoms with Gasteiger partial charge in [-0.2, -0.15) is 0 Å². The third-order valence-electron chi connectivity index (χ3n) is 4.65. The van der Waals surface area contributed by atoms with Gasteiger partial charge in [0.1, 0.15) is 10.7 Å². The SMILES string of the molecule is Cc1nc2sc(C(=O)NC3CC(C)(C)NC(C)(C)C3)c(C)c2c(=O)[nH]1. The van der Waals surface area contributed by atoms with E-state index in [0.29, 0.717) is 26.5 Å². The molecule has 2 aromatic rings. The van der Waals surface area contributed by atoms with Gasteiger partial charge in [-0.25, -0.2) is 4.98 Å². The summed E-state index contributed by atoms with van der Waals surface area (Å²) in [6.07, 6.45) is 1.73. The van der Waals surface area contributed by atoms with Crippen molar-refractivity contribution in [3.05, 3.63) is 26.6 Å². The van der Waals surface area contributed by atoms with Gasteiger partial charge in [-0.3, -0.25) is 9.59 Å². The lowest BCUT2D eigenvalue weighted by Crippen LogP contribution is -2.62. The molecule has 3 rings (SSSR count). The Morgan fingerprint density at radius 2 is 1.80 bits per heavy atom. The van der Waals surface area contributed by atoms with Crippen LogP contribution in [0.4, 0.5) is 0 Å². The second-order valence-electron chi connectivity index (χ2n) is 8.36. The van der Waals surface area contributed by atoms with Gasteiger partial charge in [0.2, 0.25) is 0 Å². The molecular formula is C18H26N4O2S. The predicted molar refractivity (Wildman–Crippen MR) is 101 cm³/mol. The number of fused-ring (bicyclic) bond motifs is 1. The number of nitrogens with zero attached hydrogens (tertiary/aromatic N) is 1. The Balaban J connectivity index is 1.89. The first-order valence-electron chi connectivity index (χ1n) is 8.58. The topological polar surface area (TPSA) is 86.9 Å². The van der Waals surface area contributed by atoms with Gasteiger partial charge < -0.3 is 15.6 Å². The number of aryl methyl sites for hydroxylation is 2. The second kappa shape index (κ2) is 5.92. The van der Waals surface area contributed by atoms with E-state index in [2.05, 4.69) is 48.3 Å². The molecule has 0 aromatic carbocycles. The average Bonchev–Trinajstić information content (AvgIpc) is 2.71. The van der Waals surface area contributed by atoms with Crippen LogP contribution in [0, 0.1) is 13.8 Å². The summed E-state index contributed by atoms with van der Waals surface area (Å²) in [7, 11) is 0. The lowest BCUT2D eigenvalue weighted by atomic mass is 9.79. The predicted octanol–water partition coefficient (Wildman–Crippen LogP) is 2.64. The molecular weight excluding hydrogens is 336 g/mol. The molecule has 0 spiro atoms. The van der Waals surface area contributed by atoms with Gasteiger partial charge in [-0.1, -0.05) is 0 Å². The molecule has 0 aliphatic carbocycles. The summed E-state index contributed by atoms with van der Waals surface area (Å²) in [4.78, 5) is 33.3. The van der Waals surface area contributed by atoms with E-state index in [0.717, 1.165) is 12.8 Å². The van der Waals surface area contributed by atoms with Crippen LogP contribution in [0.15, 0.2) is 4.79 Å². The highest BCUT2D eigenvalue weighted by molar-refractivity contribution is 7.20. The summed E-state index contributed by atoms with van der Waals surface area (Å²) in [5.41, 5.74) is 0.452. The normalized spacial score (nSPS) is 19.9. The zero-order valence-corrected chi connectivity index (χ0v) is 16.5. The number of hydrogen-bond acceptors (Lipinski definition) is 5. The molecule has 1 saturated heterocycles. The number of carbonyl (C=O) groups excluding carboxylic acids is 1. The molecule has 0 bridgehead atoms. The lowest BCUT2D eigenvalue weighted by Gasteiger charge is -2.46. The van der Waals surface area contributed by atoms with Crippen molar-refractivity contribution in [2.24, 2.45) is 0 Å². The van der Waals surface area contributed by atoms with Gasteiger partial charge in [-0.15, -0.1) is 11.3 Å². The molecule has 1 amide bonds. The number of piperidine rings is 1. The van der Waals surface area contributed by atoms with E-state index in [1.54, 1.807) is 6.92 Å².